The fourth-order valence-corrected chi connectivity index (χ4v) is 1.35. The molecule has 4 nitrogen and oxygen atoms in total. The normalized spacial score (nSPS) is 11.5. The molecule has 0 saturated carbocycles. The van der Waals surface area contributed by atoms with E-state index >= 15 is 0 Å². The predicted molar refractivity (Wildman–Crippen MR) is 52.4 cm³/mol. The molecule has 17 heavy (non-hydrogen) atoms. The standard InChI is InChI=1S/C10H7F3N2O2/c11-10(12,13)17-7-1-2-8(9(16)3-7)6-4-14-15-5-6/h1-5,16H,(H,14,15). The number of halogens is 3. The summed E-state index contributed by atoms with van der Waals surface area (Å²) in [6, 6.07) is 3.34. The van der Waals surface area contributed by atoms with Gasteiger partial charge in [-0.05, 0) is 12.1 Å². The molecule has 0 amide bonds. The molecule has 1 aromatic carbocycles. The van der Waals surface area contributed by atoms with Crippen LogP contribution in [0.3, 0.4) is 0 Å². The summed E-state index contributed by atoms with van der Waals surface area (Å²) in [5.41, 5.74) is 0.939. The lowest BCUT2D eigenvalue weighted by Gasteiger charge is -2.10. The maximum Gasteiger partial charge on any atom is 0.573 e. The molecule has 0 unspecified atom stereocenters. The number of hydrogen-bond acceptors (Lipinski definition) is 3. The number of alkyl halides is 3. The van der Waals surface area contributed by atoms with E-state index in [-0.39, 0.29) is 5.75 Å². The fourth-order valence-electron chi connectivity index (χ4n) is 1.35. The van der Waals surface area contributed by atoms with E-state index in [1.54, 1.807) is 0 Å². The Bertz CT molecular complexity index is 509. The number of phenols is 1. The Hall–Kier alpha value is -2.18. The first-order chi connectivity index (χ1) is 7.96. The number of hydrogen-bond donors (Lipinski definition) is 2. The van der Waals surface area contributed by atoms with E-state index in [4.69, 9.17) is 0 Å². The topological polar surface area (TPSA) is 58.1 Å². The van der Waals surface area contributed by atoms with E-state index in [1.807, 2.05) is 0 Å². The highest BCUT2D eigenvalue weighted by molar-refractivity contribution is 5.69. The third kappa shape index (κ3) is 2.68. The third-order valence-electron chi connectivity index (χ3n) is 2.01. The van der Waals surface area contributed by atoms with E-state index < -0.39 is 12.1 Å². The van der Waals surface area contributed by atoms with Crippen molar-refractivity contribution in [1.29, 1.82) is 0 Å². The Labute approximate surface area is 93.7 Å². The van der Waals surface area contributed by atoms with Gasteiger partial charge in [0.05, 0.1) is 6.20 Å². The Morgan fingerprint density at radius 3 is 2.59 bits per heavy atom. The Morgan fingerprint density at radius 1 is 1.29 bits per heavy atom. The van der Waals surface area contributed by atoms with Gasteiger partial charge in [-0.15, -0.1) is 13.2 Å². The summed E-state index contributed by atoms with van der Waals surface area (Å²) in [6.07, 6.45) is -1.82. The van der Waals surface area contributed by atoms with Gasteiger partial charge in [0.15, 0.2) is 0 Å². The SMILES string of the molecule is Oc1cc(OC(F)(F)F)ccc1-c1cn[nH]c1. The van der Waals surface area contributed by atoms with Crippen LogP contribution in [0.15, 0.2) is 30.6 Å². The summed E-state index contributed by atoms with van der Waals surface area (Å²) >= 11 is 0. The van der Waals surface area contributed by atoms with E-state index in [0.717, 1.165) is 12.1 Å². The number of aromatic nitrogens is 2. The van der Waals surface area contributed by atoms with Crippen molar-refractivity contribution in [2.75, 3.05) is 0 Å². The second-order valence-corrected chi connectivity index (χ2v) is 3.21. The summed E-state index contributed by atoms with van der Waals surface area (Å²) in [5, 5.41) is 15.8. The van der Waals surface area contributed by atoms with Crippen LogP contribution >= 0.6 is 0 Å². The number of nitrogens with zero attached hydrogens (tertiary/aromatic N) is 1. The van der Waals surface area contributed by atoms with Crippen LogP contribution in [0.1, 0.15) is 0 Å². The largest absolute Gasteiger partial charge is 0.573 e. The summed E-state index contributed by atoms with van der Waals surface area (Å²) in [6.45, 7) is 0. The van der Waals surface area contributed by atoms with Gasteiger partial charge in [-0.3, -0.25) is 5.10 Å². The fraction of sp³-hybridized carbons (Fsp3) is 0.100. The molecule has 0 aliphatic carbocycles. The average Bonchev–Trinajstić information content (AvgIpc) is 2.68. The summed E-state index contributed by atoms with van der Waals surface area (Å²) in [7, 11) is 0. The lowest BCUT2D eigenvalue weighted by atomic mass is 10.1. The smallest absolute Gasteiger partial charge is 0.507 e. The van der Waals surface area contributed by atoms with Crippen molar-refractivity contribution in [3.8, 4) is 22.6 Å². The highest BCUT2D eigenvalue weighted by Crippen LogP contribution is 2.33. The molecule has 0 radical (unpaired) electrons. The van der Waals surface area contributed by atoms with E-state index in [9.17, 15) is 18.3 Å². The van der Waals surface area contributed by atoms with Gasteiger partial charge in [-0.1, -0.05) is 0 Å². The molecule has 2 rings (SSSR count). The maximum absolute atomic E-state index is 11.9. The van der Waals surface area contributed by atoms with Crippen molar-refractivity contribution < 1.29 is 23.0 Å². The van der Waals surface area contributed by atoms with Crippen LogP contribution in [-0.4, -0.2) is 21.7 Å². The summed E-state index contributed by atoms with van der Waals surface area (Å²) < 4.78 is 39.5. The molecular formula is C10H7F3N2O2. The number of aromatic hydroxyl groups is 1. The van der Waals surface area contributed by atoms with Crippen molar-refractivity contribution in [2.24, 2.45) is 0 Å². The highest BCUT2D eigenvalue weighted by Gasteiger charge is 2.31. The first-order valence-electron chi connectivity index (χ1n) is 4.53. The van der Waals surface area contributed by atoms with Gasteiger partial charge in [0.25, 0.3) is 0 Å². The maximum atomic E-state index is 11.9. The summed E-state index contributed by atoms with van der Waals surface area (Å²) in [5.74, 6) is -0.782. The number of benzene rings is 1. The first kappa shape index (κ1) is 11.3. The molecular weight excluding hydrogens is 237 g/mol. The van der Waals surface area contributed by atoms with Gasteiger partial charge < -0.3 is 9.84 Å². The van der Waals surface area contributed by atoms with Gasteiger partial charge in [-0.2, -0.15) is 5.10 Å². The van der Waals surface area contributed by atoms with Crippen LogP contribution in [0.5, 0.6) is 11.5 Å². The van der Waals surface area contributed by atoms with Crippen molar-refractivity contribution in [1.82, 2.24) is 10.2 Å². The van der Waals surface area contributed by atoms with Crippen molar-refractivity contribution in [2.45, 2.75) is 6.36 Å². The van der Waals surface area contributed by atoms with Crippen molar-refractivity contribution in [3.05, 3.63) is 30.6 Å². The number of H-pyrrole nitrogens is 1. The lowest BCUT2D eigenvalue weighted by molar-refractivity contribution is -0.274. The Morgan fingerprint density at radius 2 is 2.06 bits per heavy atom. The van der Waals surface area contributed by atoms with Gasteiger partial charge in [0.1, 0.15) is 11.5 Å². The summed E-state index contributed by atoms with van der Waals surface area (Å²) in [4.78, 5) is 0. The molecule has 0 fully saturated rings. The predicted octanol–water partition coefficient (Wildman–Crippen LogP) is 2.68. The molecule has 0 spiro atoms. The highest BCUT2D eigenvalue weighted by atomic mass is 19.4. The molecule has 2 N–H and O–H groups in total. The van der Waals surface area contributed by atoms with Gasteiger partial charge in [-0.25, -0.2) is 0 Å². The van der Waals surface area contributed by atoms with Crippen LogP contribution in [0.4, 0.5) is 13.2 Å². The molecule has 0 atom stereocenters. The molecule has 0 saturated heterocycles. The lowest BCUT2D eigenvalue weighted by Crippen LogP contribution is -2.16. The van der Waals surface area contributed by atoms with Crippen LogP contribution < -0.4 is 4.74 Å². The number of aromatic amines is 1. The molecule has 90 valence electrons. The van der Waals surface area contributed by atoms with E-state index in [2.05, 4.69) is 14.9 Å². The third-order valence-corrected chi connectivity index (χ3v) is 2.01. The Kier molecular flexibility index (Phi) is 2.66. The molecule has 0 aliphatic heterocycles. The molecule has 1 heterocycles. The van der Waals surface area contributed by atoms with Gasteiger partial charge >= 0.3 is 6.36 Å². The number of rotatable bonds is 2. The average molecular weight is 244 g/mol. The molecule has 1 aromatic heterocycles. The van der Waals surface area contributed by atoms with Crippen molar-refractivity contribution in [3.63, 3.8) is 0 Å². The second-order valence-electron chi connectivity index (χ2n) is 3.21. The van der Waals surface area contributed by atoms with Crippen LogP contribution in [0.25, 0.3) is 11.1 Å². The minimum Gasteiger partial charge on any atom is -0.507 e. The van der Waals surface area contributed by atoms with E-state index in [1.165, 1.54) is 18.5 Å². The second kappa shape index (κ2) is 4.00. The minimum atomic E-state index is -4.77. The van der Waals surface area contributed by atoms with E-state index in [0.29, 0.717) is 11.1 Å². The van der Waals surface area contributed by atoms with Crippen LogP contribution in [0, 0.1) is 0 Å². The number of phenolic OH excluding ortho intramolecular Hbond substituents is 1. The van der Waals surface area contributed by atoms with Crippen LogP contribution in [0.2, 0.25) is 0 Å². The molecule has 2 aromatic rings. The zero-order chi connectivity index (χ0) is 12.5. The monoisotopic (exact) mass is 244 g/mol. The van der Waals surface area contributed by atoms with Crippen LogP contribution in [-0.2, 0) is 0 Å². The van der Waals surface area contributed by atoms with Crippen molar-refractivity contribution >= 4 is 0 Å². The zero-order valence-corrected chi connectivity index (χ0v) is 8.32. The molecule has 0 aliphatic rings. The molecule has 0 bridgehead atoms. The van der Waals surface area contributed by atoms with Gasteiger partial charge in [0.2, 0.25) is 0 Å². The number of nitrogens with one attached hydrogen (secondary N) is 1. The number of ether oxygens (including phenoxy) is 1. The minimum absolute atomic E-state index is 0.312. The van der Waals surface area contributed by atoms with Gasteiger partial charge in [0, 0.05) is 23.4 Å². The quantitative estimate of drug-likeness (QED) is 0.853. The Balaban J connectivity index is 2.30. The zero-order valence-electron chi connectivity index (χ0n) is 8.32. The molecule has 7 heteroatoms. The first-order valence-corrected chi connectivity index (χ1v) is 4.53.